The summed E-state index contributed by atoms with van der Waals surface area (Å²) in [7, 11) is 0. The van der Waals surface area contributed by atoms with E-state index in [4.69, 9.17) is 22.1 Å². The van der Waals surface area contributed by atoms with E-state index in [1.54, 1.807) is 30.0 Å². The molecule has 4 nitrogen and oxygen atoms in total. The van der Waals surface area contributed by atoms with Crippen molar-refractivity contribution in [1.29, 1.82) is 0 Å². The average Bonchev–Trinajstić information content (AvgIpc) is 2.47. The number of carbonyl (C=O) groups excluding carboxylic acids is 1. The number of hydrogen-bond donors (Lipinski definition) is 1. The standard InChI is InChI=1S/C16H15ClN2O2/c1-10-16(20)19(14-4-2-3-5-15(14)21-10)9-11-8-12(18)6-7-13(11)17/h2-8,10H,9,18H2,1H3. The van der Waals surface area contributed by atoms with E-state index >= 15 is 0 Å². The van der Waals surface area contributed by atoms with Crippen LogP contribution in [-0.4, -0.2) is 12.0 Å². The fraction of sp³-hybridized carbons (Fsp3) is 0.188. The van der Waals surface area contributed by atoms with Gasteiger partial charge in [-0.3, -0.25) is 4.79 Å². The van der Waals surface area contributed by atoms with Crippen LogP contribution in [-0.2, 0) is 11.3 Å². The molecule has 2 N–H and O–H groups in total. The number of anilines is 2. The number of nitrogens with two attached hydrogens (primary N) is 1. The van der Waals surface area contributed by atoms with E-state index in [1.165, 1.54) is 0 Å². The van der Waals surface area contributed by atoms with Crippen molar-refractivity contribution < 1.29 is 9.53 Å². The third-order valence-corrected chi connectivity index (χ3v) is 3.84. The predicted molar refractivity (Wildman–Crippen MR) is 83.6 cm³/mol. The number of carbonyl (C=O) groups is 1. The SMILES string of the molecule is CC1Oc2ccccc2N(Cc2cc(N)ccc2Cl)C1=O. The van der Waals surface area contributed by atoms with Gasteiger partial charge in [-0.2, -0.15) is 0 Å². The van der Waals surface area contributed by atoms with Gasteiger partial charge >= 0.3 is 0 Å². The molecule has 1 aliphatic rings. The van der Waals surface area contributed by atoms with Gasteiger partial charge in [-0.1, -0.05) is 23.7 Å². The maximum Gasteiger partial charge on any atom is 0.268 e. The van der Waals surface area contributed by atoms with Gasteiger partial charge in [0.2, 0.25) is 0 Å². The minimum Gasteiger partial charge on any atom is -0.479 e. The molecular weight excluding hydrogens is 288 g/mol. The Labute approximate surface area is 128 Å². The Balaban J connectivity index is 2.01. The Morgan fingerprint density at radius 2 is 2.05 bits per heavy atom. The molecule has 21 heavy (non-hydrogen) atoms. The highest BCUT2D eigenvalue weighted by atomic mass is 35.5. The normalized spacial score (nSPS) is 17.3. The van der Waals surface area contributed by atoms with Crippen molar-refractivity contribution in [3.05, 3.63) is 53.1 Å². The zero-order valence-corrected chi connectivity index (χ0v) is 12.3. The molecule has 1 unspecified atom stereocenters. The molecule has 0 bridgehead atoms. The highest BCUT2D eigenvalue weighted by Gasteiger charge is 2.31. The Kier molecular flexibility index (Phi) is 3.47. The van der Waals surface area contributed by atoms with Crippen LogP contribution < -0.4 is 15.4 Å². The first kappa shape index (κ1) is 13.8. The highest BCUT2D eigenvalue weighted by Crippen LogP contribution is 2.35. The van der Waals surface area contributed by atoms with E-state index in [-0.39, 0.29) is 5.91 Å². The van der Waals surface area contributed by atoms with Crippen LogP contribution >= 0.6 is 11.6 Å². The third-order valence-electron chi connectivity index (χ3n) is 3.47. The van der Waals surface area contributed by atoms with Crippen LogP contribution in [0.3, 0.4) is 0 Å². The molecule has 1 atom stereocenters. The summed E-state index contributed by atoms with van der Waals surface area (Å²) >= 11 is 6.20. The fourth-order valence-electron chi connectivity index (χ4n) is 2.41. The molecule has 0 saturated carbocycles. The molecule has 2 aromatic rings. The van der Waals surface area contributed by atoms with Crippen LogP contribution in [0.2, 0.25) is 5.02 Å². The zero-order chi connectivity index (χ0) is 15.0. The first-order valence-corrected chi connectivity index (χ1v) is 7.05. The summed E-state index contributed by atoms with van der Waals surface area (Å²) in [5.74, 6) is 0.608. The van der Waals surface area contributed by atoms with Crippen molar-refractivity contribution in [2.45, 2.75) is 19.6 Å². The lowest BCUT2D eigenvalue weighted by Crippen LogP contribution is -2.44. The molecule has 0 aromatic heterocycles. The Bertz CT molecular complexity index is 702. The lowest BCUT2D eigenvalue weighted by atomic mass is 10.1. The fourth-order valence-corrected chi connectivity index (χ4v) is 2.59. The summed E-state index contributed by atoms with van der Waals surface area (Å²) < 4.78 is 5.62. The molecule has 1 amide bonds. The van der Waals surface area contributed by atoms with E-state index in [2.05, 4.69) is 0 Å². The number of halogens is 1. The maximum atomic E-state index is 12.4. The second-order valence-corrected chi connectivity index (χ2v) is 5.41. The second-order valence-electron chi connectivity index (χ2n) is 5.00. The molecule has 0 radical (unpaired) electrons. The monoisotopic (exact) mass is 302 g/mol. The number of nitrogens with zero attached hydrogens (tertiary/aromatic N) is 1. The predicted octanol–water partition coefficient (Wildman–Crippen LogP) is 3.24. The van der Waals surface area contributed by atoms with Crippen molar-refractivity contribution in [2.24, 2.45) is 0 Å². The van der Waals surface area contributed by atoms with Crippen LogP contribution in [0, 0.1) is 0 Å². The molecule has 3 rings (SSSR count). The van der Waals surface area contributed by atoms with Crippen molar-refractivity contribution in [3.63, 3.8) is 0 Å². The first-order valence-electron chi connectivity index (χ1n) is 6.67. The molecule has 1 heterocycles. The van der Waals surface area contributed by atoms with E-state index in [9.17, 15) is 4.79 Å². The van der Waals surface area contributed by atoms with Crippen LogP contribution in [0.5, 0.6) is 5.75 Å². The smallest absolute Gasteiger partial charge is 0.268 e. The van der Waals surface area contributed by atoms with Gasteiger partial charge in [0.1, 0.15) is 5.75 Å². The average molecular weight is 303 g/mol. The molecule has 0 saturated heterocycles. The summed E-state index contributed by atoms with van der Waals surface area (Å²) in [5.41, 5.74) is 7.99. The summed E-state index contributed by atoms with van der Waals surface area (Å²) in [5, 5.41) is 0.591. The summed E-state index contributed by atoms with van der Waals surface area (Å²) in [6.07, 6.45) is -0.514. The van der Waals surface area contributed by atoms with Gasteiger partial charge in [-0.05, 0) is 42.8 Å². The molecular formula is C16H15ClN2O2. The van der Waals surface area contributed by atoms with Gasteiger partial charge in [-0.25, -0.2) is 0 Å². The van der Waals surface area contributed by atoms with Gasteiger partial charge in [-0.15, -0.1) is 0 Å². The number of rotatable bonds is 2. The second kappa shape index (κ2) is 5.30. The third kappa shape index (κ3) is 2.54. The van der Waals surface area contributed by atoms with Crippen LogP contribution in [0.4, 0.5) is 11.4 Å². The summed E-state index contributed by atoms with van der Waals surface area (Å²) in [6, 6.07) is 12.7. The quantitative estimate of drug-likeness (QED) is 0.867. The summed E-state index contributed by atoms with van der Waals surface area (Å²) in [6.45, 7) is 2.11. The number of amides is 1. The van der Waals surface area contributed by atoms with Gasteiger partial charge in [0.25, 0.3) is 5.91 Å². The molecule has 0 spiro atoms. The Morgan fingerprint density at radius 3 is 2.86 bits per heavy atom. The number of para-hydroxylation sites is 2. The van der Waals surface area contributed by atoms with E-state index in [0.29, 0.717) is 23.0 Å². The number of benzene rings is 2. The van der Waals surface area contributed by atoms with Gasteiger partial charge in [0, 0.05) is 10.7 Å². The van der Waals surface area contributed by atoms with Crippen molar-refractivity contribution in [2.75, 3.05) is 10.6 Å². The van der Waals surface area contributed by atoms with E-state index in [1.807, 2.05) is 24.3 Å². The maximum absolute atomic E-state index is 12.4. The van der Waals surface area contributed by atoms with E-state index in [0.717, 1.165) is 11.3 Å². The Hall–Kier alpha value is -2.20. The first-order chi connectivity index (χ1) is 10.1. The number of ether oxygens (including phenoxy) is 1. The van der Waals surface area contributed by atoms with Crippen molar-refractivity contribution in [1.82, 2.24) is 0 Å². The minimum atomic E-state index is -0.514. The lowest BCUT2D eigenvalue weighted by molar-refractivity contribution is -0.125. The van der Waals surface area contributed by atoms with Gasteiger partial charge in [0.15, 0.2) is 6.10 Å². The molecule has 0 fully saturated rings. The molecule has 108 valence electrons. The topological polar surface area (TPSA) is 55.6 Å². The number of fused-ring (bicyclic) bond motifs is 1. The zero-order valence-electron chi connectivity index (χ0n) is 11.5. The number of hydrogen-bond acceptors (Lipinski definition) is 3. The van der Waals surface area contributed by atoms with Crippen LogP contribution in [0.25, 0.3) is 0 Å². The van der Waals surface area contributed by atoms with Crippen LogP contribution in [0.1, 0.15) is 12.5 Å². The lowest BCUT2D eigenvalue weighted by Gasteiger charge is -2.33. The Morgan fingerprint density at radius 1 is 1.29 bits per heavy atom. The van der Waals surface area contributed by atoms with Crippen LogP contribution in [0.15, 0.2) is 42.5 Å². The van der Waals surface area contributed by atoms with Crippen molar-refractivity contribution >= 4 is 28.9 Å². The molecule has 0 aliphatic carbocycles. The van der Waals surface area contributed by atoms with Crippen molar-refractivity contribution in [3.8, 4) is 5.75 Å². The highest BCUT2D eigenvalue weighted by molar-refractivity contribution is 6.31. The molecule has 5 heteroatoms. The number of nitrogen functional groups attached to an aromatic ring is 1. The summed E-state index contributed by atoms with van der Waals surface area (Å²) in [4.78, 5) is 14.1. The molecule has 1 aliphatic heterocycles. The molecule has 2 aromatic carbocycles. The minimum absolute atomic E-state index is 0.0906. The van der Waals surface area contributed by atoms with E-state index < -0.39 is 6.10 Å². The van der Waals surface area contributed by atoms with Gasteiger partial charge < -0.3 is 15.4 Å². The van der Waals surface area contributed by atoms with Gasteiger partial charge in [0.05, 0.1) is 12.2 Å². The largest absolute Gasteiger partial charge is 0.479 e.